The van der Waals surface area contributed by atoms with E-state index < -0.39 is 0 Å². The molecule has 1 heterocycles. The molecule has 1 aliphatic heterocycles. The van der Waals surface area contributed by atoms with Gasteiger partial charge in [0.05, 0.1) is 16.6 Å². The van der Waals surface area contributed by atoms with Crippen LogP contribution < -0.4 is 10.2 Å². The molecule has 156 valence electrons. The summed E-state index contributed by atoms with van der Waals surface area (Å²) in [7, 11) is 6.22. The normalized spacial score (nSPS) is 16.4. The van der Waals surface area contributed by atoms with Gasteiger partial charge in [0.15, 0.2) is 0 Å². The van der Waals surface area contributed by atoms with Gasteiger partial charge in [0, 0.05) is 57.0 Å². The van der Waals surface area contributed by atoms with Gasteiger partial charge in [0.25, 0.3) is 5.91 Å². The summed E-state index contributed by atoms with van der Waals surface area (Å²) in [6.07, 6.45) is 0. The Kier molecular flexibility index (Phi) is 7.57. The third-order valence-electron chi connectivity index (χ3n) is 5.40. The van der Waals surface area contributed by atoms with Crippen LogP contribution >= 0.6 is 27.5 Å². The van der Waals surface area contributed by atoms with Crippen molar-refractivity contribution in [1.29, 1.82) is 0 Å². The highest BCUT2D eigenvalue weighted by Gasteiger charge is 2.25. The van der Waals surface area contributed by atoms with Crippen molar-refractivity contribution in [1.82, 2.24) is 15.1 Å². The minimum Gasteiger partial charge on any atom is -0.378 e. The molecule has 0 aromatic heterocycles. The predicted molar refractivity (Wildman–Crippen MR) is 124 cm³/mol. The lowest BCUT2D eigenvalue weighted by Gasteiger charge is -2.38. The summed E-state index contributed by atoms with van der Waals surface area (Å²) in [6.45, 7) is 4.54. The molecule has 0 bridgehead atoms. The summed E-state index contributed by atoms with van der Waals surface area (Å²) >= 11 is 9.65. The highest BCUT2D eigenvalue weighted by atomic mass is 79.9. The molecule has 7 heteroatoms. The Morgan fingerprint density at radius 2 is 1.79 bits per heavy atom. The Morgan fingerprint density at radius 3 is 2.41 bits per heavy atom. The van der Waals surface area contributed by atoms with Crippen molar-refractivity contribution in [3.8, 4) is 0 Å². The topological polar surface area (TPSA) is 38.8 Å². The first-order valence-electron chi connectivity index (χ1n) is 9.78. The number of nitrogens with one attached hydrogen (secondary N) is 1. The fourth-order valence-corrected chi connectivity index (χ4v) is 4.11. The van der Waals surface area contributed by atoms with Crippen LogP contribution in [-0.4, -0.2) is 69.6 Å². The zero-order chi connectivity index (χ0) is 21.0. The smallest absolute Gasteiger partial charge is 0.252 e. The molecule has 3 rings (SSSR count). The van der Waals surface area contributed by atoms with Gasteiger partial charge in [-0.15, -0.1) is 0 Å². The third kappa shape index (κ3) is 5.72. The molecule has 0 spiro atoms. The summed E-state index contributed by atoms with van der Waals surface area (Å²) in [5.74, 6) is -0.152. The molecule has 1 atom stereocenters. The lowest BCUT2D eigenvalue weighted by molar-refractivity contribution is 0.0886. The van der Waals surface area contributed by atoms with Crippen LogP contribution in [0.4, 0.5) is 5.69 Å². The quantitative estimate of drug-likeness (QED) is 0.682. The average molecular weight is 480 g/mol. The number of hydrogen-bond donors (Lipinski definition) is 1. The molecule has 1 saturated heterocycles. The van der Waals surface area contributed by atoms with Gasteiger partial charge in [0.2, 0.25) is 0 Å². The number of rotatable bonds is 6. The molecule has 1 amide bonds. The molecule has 1 fully saturated rings. The van der Waals surface area contributed by atoms with Crippen LogP contribution in [0.3, 0.4) is 0 Å². The second-order valence-electron chi connectivity index (χ2n) is 7.68. The Balaban J connectivity index is 1.77. The van der Waals surface area contributed by atoms with Gasteiger partial charge in [-0.25, -0.2) is 0 Å². The molecule has 2 aromatic rings. The largest absolute Gasteiger partial charge is 0.378 e. The van der Waals surface area contributed by atoms with Gasteiger partial charge in [-0.1, -0.05) is 39.7 Å². The molecule has 29 heavy (non-hydrogen) atoms. The molecule has 1 N–H and O–H groups in total. The number of anilines is 1. The highest BCUT2D eigenvalue weighted by molar-refractivity contribution is 9.10. The van der Waals surface area contributed by atoms with E-state index in [9.17, 15) is 4.79 Å². The Bertz CT molecular complexity index is 835. The van der Waals surface area contributed by atoms with Crippen molar-refractivity contribution in [3.63, 3.8) is 0 Å². The van der Waals surface area contributed by atoms with E-state index in [-0.39, 0.29) is 11.9 Å². The first-order chi connectivity index (χ1) is 13.8. The molecule has 2 aromatic carbocycles. The second kappa shape index (κ2) is 9.94. The SMILES string of the molecule is CN1CCN(C(CNC(=O)c2cc(Br)ccc2Cl)c2ccc(N(C)C)cc2)CC1. The fourth-order valence-electron chi connectivity index (χ4n) is 3.54. The number of piperazine rings is 1. The molecule has 0 radical (unpaired) electrons. The fraction of sp³-hybridized carbons (Fsp3) is 0.409. The molecular formula is C22H28BrClN4O. The summed E-state index contributed by atoms with van der Waals surface area (Å²) in [6, 6.07) is 14.0. The van der Waals surface area contributed by atoms with Gasteiger partial charge < -0.3 is 15.1 Å². The van der Waals surface area contributed by atoms with E-state index in [2.05, 4.69) is 67.3 Å². The van der Waals surface area contributed by atoms with Gasteiger partial charge >= 0.3 is 0 Å². The minimum atomic E-state index is -0.152. The highest BCUT2D eigenvalue weighted by Crippen LogP contribution is 2.25. The molecule has 5 nitrogen and oxygen atoms in total. The van der Waals surface area contributed by atoms with Gasteiger partial charge in [-0.05, 0) is 42.9 Å². The number of carbonyl (C=O) groups is 1. The zero-order valence-electron chi connectivity index (χ0n) is 17.2. The summed E-state index contributed by atoms with van der Waals surface area (Å²) in [5.41, 5.74) is 2.86. The molecule has 0 saturated carbocycles. The Morgan fingerprint density at radius 1 is 1.14 bits per heavy atom. The molecule has 1 unspecified atom stereocenters. The maximum absolute atomic E-state index is 12.8. The van der Waals surface area contributed by atoms with Crippen molar-refractivity contribution >= 4 is 39.1 Å². The van der Waals surface area contributed by atoms with Crippen molar-refractivity contribution in [2.24, 2.45) is 0 Å². The predicted octanol–water partition coefficient (Wildman–Crippen LogP) is 3.89. The summed E-state index contributed by atoms with van der Waals surface area (Å²) in [4.78, 5) is 19.7. The van der Waals surface area contributed by atoms with Crippen molar-refractivity contribution < 1.29 is 4.79 Å². The van der Waals surface area contributed by atoms with E-state index in [0.29, 0.717) is 17.1 Å². The maximum atomic E-state index is 12.8. The number of likely N-dealkylation sites (N-methyl/N-ethyl adjacent to an activating group) is 1. The monoisotopic (exact) mass is 478 g/mol. The first-order valence-corrected chi connectivity index (χ1v) is 11.0. The minimum absolute atomic E-state index is 0.120. The van der Waals surface area contributed by atoms with Crippen molar-refractivity contribution in [2.45, 2.75) is 6.04 Å². The zero-order valence-corrected chi connectivity index (χ0v) is 19.5. The van der Waals surface area contributed by atoms with E-state index in [1.165, 1.54) is 5.56 Å². The van der Waals surface area contributed by atoms with Gasteiger partial charge in [0.1, 0.15) is 0 Å². The lowest BCUT2D eigenvalue weighted by atomic mass is 10.0. The number of halogens is 2. The molecular weight excluding hydrogens is 452 g/mol. The van der Waals surface area contributed by atoms with E-state index in [1.807, 2.05) is 20.2 Å². The van der Waals surface area contributed by atoms with Crippen LogP contribution in [0.25, 0.3) is 0 Å². The van der Waals surface area contributed by atoms with Crippen LogP contribution in [-0.2, 0) is 0 Å². The standard InChI is InChI=1S/C22H28BrClN4O/c1-26(2)18-7-4-16(5-8-18)21(28-12-10-27(3)11-13-28)15-25-22(29)19-14-17(23)6-9-20(19)24/h4-9,14,21H,10-13,15H2,1-3H3,(H,25,29). The van der Waals surface area contributed by atoms with Crippen LogP contribution in [0, 0.1) is 0 Å². The van der Waals surface area contributed by atoms with E-state index in [1.54, 1.807) is 12.1 Å². The Hall–Kier alpha value is -1.60. The van der Waals surface area contributed by atoms with Crippen molar-refractivity contribution in [2.75, 3.05) is 58.8 Å². The lowest BCUT2D eigenvalue weighted by Crippen LogP contribution is -2.48. The summed E-state index contributed by atoms with van der Waals surface area (Å²) in [5, 5.41) is 3.56. The van der Waals surface area contributed by atoms with Crippen LogP contribution in [0.15, 0.2) is 46.9 Å². The maximum Gasteiger partial charge on any atom is 0.252 e. The van der Waals surface area contributed by atoms with Gasteiger partial charge in [-0.3, -0.25) is 9.69 Å². The van der Waals surface area contributed by atoms with Gasteiger partial charge in [-0.2, -0.15) is 0 Å². The third-order valence-corrected chi connectivity index (χ3v) is 6.22. The van der Waals surface area contributed by atoms with Crippen molar-refractivity contribution in [3.05, 3.63) is 63.1 Å². The molecule has 0 aliphatic carbocycles. The van der Waals surface area contributed by atoms with Crippen LogP contribution in [0.1, 0.15) is 22.0 Å². The number of carbonyl (C=O) groups excluding carboxylic acids is 1. The average Bonchev–Trinajstić information content (AvgIpc) is 2.71. The summed E-state index contributed by atoms with van der Waals surface area (Å²) < 4.78 is 0.835. The number of hydrogen-bond acceptors (Lipinski definition) is 4. The van der Waals surface area contributed by atoms with E-state index >= 15 is 0 Å². The molecule has 1 aliphatic rings. The first kappa shape index (κ1) is 22.1. The van der Waals surface area contributed by atoms with Crippen LogP contribution in [0.2, 0.25) is 5.02 Å². The number of nitrogens with zero attached hydrogens (tertiary/aromatic N) is 3. The van der Waals surface area contributed by atoms with Crippen LogP contribution in [0.5, 0.6) is 0 Å². The second-order valence-corrected chi connectivity index (χ2v) is 9.00. The number of amides is 1. The number of benzene rings is 2. The van der Waals surface area contributed by atoms with E-state index in [0.717, 1.165) is 36.3 Å². The van der Waals surface area contributed by atoms with E-state index in [4.69, 9.17) is 11.6 Å². The Labute approximate surface area is 186 Å².